The highest BCUT2D eigenvalue weighted by Crippen LogP contribution is 2.36. The summed E-state index contributed by atoms with van der Waals surface area (Å²) in [5.74, 6) is 0.841. The molecule has 0 bridgehead atoms. The molecular formula is C18H21N5O3S. The van der Waals surface area contributed by atoms with E-state index in [1.807, 2.05) is 25.1 Å². The number of rotatable bonds is 5. The number of hydrogen-bond acceptors (Lipinski definition) is 8. The number of nitrogens with zero attached hydrogens (tertiary/aromatic N) is 3. The fourth-order valence-electron chi connectivity index (χ4n) is 2.77. The lowest BCUT2D eigenvalue weighted by molar-refractivity contribution is 0.101. The third-order valence-electron chi connectivity index (χ3n) is 4.27. The second-order valence-corrected chi connectivity index (χ2v) is 7.24. The van der Waals surface area contributed by atoms with Crippen LogP contribution in [0.3, 0.4) is 0 Å². The number of amidine groups is 1. The summed E-state index contributed by atoms with van der Waals surface area (Å²) in [5, 5.41) is 3.41. The van der Waals surface area contributed by atoms with Crippen LogP contribution in [0.15, 0.2) is 35.5 Å². The fraction of sp³-hybridized carbons (Fsp3) is 0.333. The maximum Gasteiger partial charge on any atom is 0.279 e. The summed E-state index contributed by atoms with van der Waals surface area (Å²) in [7, 11) is 2.89. The molecule has 1 aromatic heterocycles. The topological polar surface area (TPSA) is 112 Å². The summed E-state index contributed by atoms with van der Waals surface area (Å²) < 4.78 is 10.1. The van der Waals surface area contributed by atoms with Crippen molar-refractivity contribution in [1.82, 2.24) is 9.97 Å². The number of nitrogens with two attached hydrogens (primary N) is 1. The van der Waals surface area contributed by atoms with E-state index in [-0.39, 0.29) is 17.5 Å². The Hall–Kier alpha value is -2.81. The van der Waals surface area contributed by atoms with Crippen LogP contribution in [0.5, 0.6) is 11.8 Å². The van der Waals surface area contributed by atoms with E-state index < -0.39 is 11.4 Å². The van der Waals surface area contributed by atoms with Gasteiger partial charge in [0.1, 0.15) is 0 Å². The first-order valence-corrected chi connectivity index (χ1v) is 9.29. The van der Waals surface area contributed by atoms with E-state index in [0.29, 0.717) is 10.9 Å². The number of aromatic nitrogens is 2. The van der Waals surface area contributed by atoms with Crippen LogP contribution in [0.25, 0.3) is 0 Å². The molecule has 8 nitrogen and oxygen atoms in total. The molecule has 142 valence electrons. The first-order chi connectivity index (χ1) is 12.9. The van der Waals surface area contributed by atoms with Gasteiger partial charge in [-0.05, 0) is 31.0 Å². The van der Waals surface area contributed by atoms with Crippen LogP contribution in [-0.2, 0) is 5.54 Å². The van der Waals surface area contributed by atoms with E-state index in [0.717, 1.165) is 17.7 Å². The van der Waals surface area contributed by atoms with Crippen molar-refractivity contribution >= 4 is 28.5 Å². The second-order valence-electron chi connectivity index (χ2n) is 6.13. The zero-order valence-electron chi connectivity index (χ0n) is 15.4. The molecule has 1 aromatic carbocycles. The lowest BCUT2D eigenvalue weighted by Gasteiger charge is -2.30. The molecule has 0 fully saturated rings. The van der Waals surface area contributed by atoms with Gasteiger partial charge in [-0.15, -0.1) is 0 Å². The number of aliphatic imine (C=N–C) groups is 1. The summed E-state index contributed by atoms with van der Waals surface area (Å²) in [6.45, 7) is 2.04. The zero-order chi connectivity index (χ0) is 19.4. The Labute approximate surface area is 161 Å². The summed E-state index contributed by atoms with van der Waals surface area (Å²) in [4.78, 5) is 25.4. The molecule has 2 aromatic rings. The van der Waals surface area contributed by atoms with Gasteiger partial charge in [0.2, 0.25) is 11.8 Å². The van der Waals surface area contributed by atoms with Gasteiger partial charge in [0, 0.05) is 11.4 Å². The Bertz CT molecular complexity index is 889. The number of methoxy groups -OCH3 is 2. The van der Waals surface area contributed by atoms with Gasteiger partial charge in [-0.3, -0.25) is 9.79 Å². The lowest BCUT2D eigenvalue weighted by Crippen LogP contribution is -2.28. The maximum absolute atomic E-state index is 12.6. The summed E-state index contributed by atoms with van der Waals surface area (Å²) in [6, 6.07) is 7.56. The van der Waals surface area contributed by atoms with E-state index in [4.69, 9.17) is 15.2 Å². The molecule has 1 amide bonds. The first-order valence-electron chi connectivity index (χ1n) is 8.30. The fourth-order valence-corrected chi connectivity index (χ4v) is 3.74. The number of hydrogen-bond donors (Lipinski definition) is 2. The van der Waals surface area contributed by atoms with Crippen LogP contribution >= 0.6 is 11.8 Å². The van der Waals surface area contributed by atoms with E-state index in [1.165, 1.54) is 20.4 Å². The molecule has 1 aliphatic heterocycles. The van der Waals surface area contributed by atoms with Gasteiger partial charge in [0.05, 0.1) is 26.0 Å². The van der Waals surface area contributed by atoms with Crippen molar-refractivity contribution in [1.29, 1.82) is 0 Å². The van der Waals surface area contributed by atoms with Crippen molar-refractivity contribution in [3.8, 4) is 11.8 Å². The Kier molecular flexibility index (Phi) is 5.50. The smallest absolute Gasteiger partial charge is 0.279 e. The molecular weight excluding hydrogens is 366 g/mol. The maximum atomic E-state index is 12.6. The van der Waals surface area contributed by atoms with Crippen LogP contribution in [-0.4, -0.2) is 41.0 Å². The number of carbonyl (C=O) groups excluding carboxylic acids is 1. The van der Waals surface area contributed by atoms with Gasteiger partial charge in [0.25, 0.3) is 5.91 Å². The number of anilines is 1. The molecule has 2 heterocycles. The minimum absolute atomic E-state index is 0.0752. The van der Waals surface area contributed by atoms with E-state index in [9.17, 15) is 4.79 Å². The molecule has 0 saturated heterocycles. The Morgan fingerprint density at radius 1 is 1.33 bits per heavy atom. The zero-order valence-corrected chi connectivity index (χ0v) is 16.2. The Morgan fingerprint density at radius 3 is 2.85 bits per heavy atom. The second kappa shape index (κ2) is 7.83. The van der Waals surface area contributed by atoms with Crippen LogP contribution < -0.4 is 20.5 Å². The minimum atomic E-state index is -0.425. The predicted octanol–water partition coefficient (Wildman–Crippen LogP) is 2.41. The van der Waals surface area contributed by atoms with Gasteiger partial charge in [-0.1, -0.05) is 23.9 Å². The number of nitrogens with one attached hydrogen (secondary N) is 1. The SMILES string of the molecule is COc1cnc(C(=O)Nc2cccc(C3(C)CCSC(N)=N3)c2)c(OC)n1. The number of benzene rings is 1. The van der Waals surface area contributed by atoms with Crippen molar-refractivity contribution in [2.45, 2.75) is 18.9 Å². The average Bonchev–Trinajstić information content (AvgIpc) is 2.67. The highest BCUT2D eigenvalue weighted by Gasteiger charge is 2.29. The predicted molar refractivity (Wildman–Crippen MR) is 106 cm³/mol. The number of amides is 1. The Morgan fingerprint density at radius 2 is 2.15 bits per heavy atom. The van der Waals surface area contributed by atoms with Crippen molar-refractivity contribution < 1.29 is 14.3 Å². The van der Waals surface area contributed by atoms with Crippen LogP contribution in [0.2, 0.25) is 0 Å². The molecule has 0 radical (unpaired) electrons. The molecule has 1 aliphatic rings. The standard InChI is InChI=1S/C18H21N5O3S/c1-18(7-8-27-17(19)23-18)11-5-4-6-12(9-11)21-15(24)14-16(26-3)22-13(25-2)10-20-14/h4-6,9-10H,7-8H2,1-3H3,(H2,19,23)(H,21,24). The van der Waals surface area contributed by atoms with Gasteiger partial charge in [0.15, 0.2) is 10.9 Å². The Balaban J connectivity index is 1.85. The molecule has 3 rings (SSSR count). The van der Waals surface area contributed by atoms with Gasteiger partial charge in [-0.2, -0.15) is 4.98 Å². The van der Waals surface area contributed by atoms with Crippen LogP contribution in [0.1, 0.15) is 29.4 Å². The monoisotopic (exact) mass is 387 g/mol. The molecule has 1 atom stereocenters. The van der Waals surface area contributed by atoms with Crippen LogP contribution in [0.4, 0.5) is 5.69 Å². The number of carbonyl (C=O) groups is 1. The lowest BCUT2D eigenvalue weighted by atomic mass is 9.89. The molecule has 27 heavy (non-hydrogen) atoms. The van der Waals surface area contributed by atoms with E-state index >= 15 is 0 Å². The minimum Gasteiger partial charge on any atom is -0.480 e. The molecule has 0 aliphatic carbocycles. The van der Waals surface area contributed by atoms with Crippen molar-refractivity contribution in [3.63, 3.8) is 0 Å². The van der Waals surface area contributed by atoms with Crippen molar-refractivity contribution in [2.24, 2.45) is 10.7 Å². The summed E-state index contributed by atoms with van der Waals surface area (Å²) >= 11 is 1.55. The average molecular weight is 387 g/mol. The molecule has 0 saturated carbocycles. The summed E-state index contributed by atoms with van der Waals surface area (Å²) in [5.41, 5.74) is 7.18. The van der Waals surface area contributed by atoms with Crippen LogP contribution in [0, 0.1) is 0 Å². The third-order valence-corrected chi connectivity index (χ3v) is 5.07. The highest BCUT2D eigenvalue weighted by molar-refractivity contribution is 8.13. The highest BCUT2D eigenvalue weighted by atomic mass is 32.2. The first kappa shape index (κ1) is 19.0. The van der Waals surface area contributed by atoms with Gasteiger partial charge < -0.3 is 20.5 Å². The normalized spacial score (nSPS) is 19.1. The molecule has 0 spiro atoms. The number of ether oxygens (including phenoxy) is 2. The molecule has 3 N–H and O–H groups in total. The summed E-state index contributed by atoms with van der Waals surface area (Å²) in [6.07, 6.45) is 2.24. The largest absolute Gasteiger partial charge is 0.480 e. The molecule has 1 unspecified atom stereocenters. The quantitative estimate of drug-likeness (QED) is 0.810. The van der Waals surface area contributed by atoms with Gasteiger partial charge in [-0.25, -0.2) is 4.98 Å². The third kappa shape index (κ3) is 4.13. The molecule has 9 heteroatoms. The van der Waals surface area contributed by atoms with Crippen molar-refractivity contribution in [2.75, 3.05) is 25.3 Å². The van der Waals surface area contributed by atoms with Crippen molar-refractivity contribution in [3.05, 3.63) is 41.7 Å². The van der Waals surface area contributed by atoms with Gasteiger partial charge >= 0.3 is 0 Å². The number of thioether (sulfide) groups is 1. The van der Waals surface area contributed by atoms with E-state index in [2.05, 4.69) is 20.3 Å². The van der Waals surface area contributed by atoms with E-state index in [1.54, 1.807) is 17.8 Å².